The number of carbonyl (C=O) groups excluding carboxylic acids is 1. The normalized spacial score (nSPS) is 16.8. The Labute approximate surface area is 171 Å². The second-order valence-electron chi connectivity index (χ2n) is 7.97. The van der Waals surface area contributed by atoms with Crippen LogP contribution in [0.2, 0.25) is 0 Å². The standard InChI is InChI=1S/C21H29N5O3/c1-13-10-14(2)23-21(22-13)26-16(4)18(15(3)24-26)11-19(27)25-9-5-6-17(12-25)7-8-20(28)29/h10,17H,5-9,11-12H2,1-4H3,(H,28,29). The van der Waals surface area contributed by atoms with Gasteiger partial charge in [-0.1, -0.05) is 0 Å². The van der Waals surface area contributed by atoms with Crippen molar-refractivity contribution in [2.24, 2.45) is 5.92 Å². The number of piperidine rings is 1. The smallest absolute Gasteiger partial charge is 0.303 e. The van der Waals surface area contributed by atoms with E-state index in [9.17, 15) is 9.59 Å². The van der Waals surface area contributed by atoms with Gasteiger partial charge >= 0.3 is 5.97 Å². The van der Waals surface area contributed by atoms with Crippen LogP contribution in [0.5, 0.6) is 0 Å². The highest BCUT2D eigenvalue weighted by Crippen LogP contribution is 2.23. The van der Waals surface area contributed by atoms with E-state index in [1.807, 2.05) is 38.7 Å². The van der Waals surface area contributed by atoms with Crippen molar-refractivity contribution in [2.45, 2.75) is 59.8 Å². The third-order valence-electron chi connectivity index (χ3n) is 5.57. The Kier molecular flexibility index (Phi) is 6.30. The van der Waals surface area contributed by atoms with Crippen LogP contribution in [0.4, 0.5) is 0 Å². The number of carboxylic acids is 1. The molecular formula is C21H29N5O3. The molecule has 1 amide bonds. The zero-order valence-electron chi connectivity index (χ0n) is 17.6. The average molecular weight is 399 g/mol. The molecule has 156 valence electrons. The van der Waals surface area contributed by atoms with Crippen LogP contribution in [0.15, 0.2) is 6.07 Å². The first-order chi connectivity index (χ1) is 13.7. The van der Waals surface area contributed by atoms with Gasteiger partial charge in [-0.25, -0.2) is 14.6 Å². The average Bonchev–Trinajstić information content (AvgIpc) is 2.94. The van der Waals surface area contributed by atoms with Crippen LogP contribution in [-0.4, -0.2) is 54.7 Å². The van der Waals surface area contributed by atoms with E-state index in [1.165, 1.54) is 0 Å². The van der Waals surface area contributed by atoms with Gasteiger partial charge in [0.2, 0.25) is 5.91 Å². The van der Waals surface area contributed by atoms with E-state index in [1.54, 1.807) is 4.68 Å². The minimum Gasteiger partial charge on any atom is -0.481 e. The lowest BCUT2D eigenvalue weighted by Gasteiger charge is -2.32. The van der Waals surface area contributed by atoms with E-state index in [-0.39, 0.29) is 24.7 Å². The molecule has 8 heteroatoms. The molecule has 0 saturated carbocycles. The van der Waals surface area contributed by atoms with Crippen LogP contribution in [0.25, 0.3) is 5.95 Å². The maximum atomic E-state index is 13.0. The van der Waals surface area contributed by atoms with Crippen LogP contribution in [0, 0.1) is 33.6 Å². The van der Waals surface area contributed by atoms with Crippen molar-refractivity contribution in [3.8, 4) is 5.95 Å². The van der Waals surface area contributed by atoms with Crippen molar-refractivity contribution in [1.82, 2.24) is 24.6 Å². The maximum Gasteiger partial charge on any atom is 0.303 e. The predicted octanol–water partition coefficient (Wildman–Crippen LogP) is 2.54. The van der Waals surface area contributed by atoms with E-state index in [0.717, 1.165) is 47.7 Å². The van der Waals surface area contributed by atoms with Gasteiger partial charge in [-0.3, -0.25) is 9.59 Å². The van der Waals surface area contributed by atoms with Crippen molar-refractivity contribution in [3.05, 3.63) is 34.4 Å². The highest BCUT2D eigenvalue weighted by Gasteiger charge is 2.26. The van der Waals surface area contributed by atoms with Crippen molar-refractivity contribution in [2.75, 3.05) is 13.1 Å². The Balaban J connectivity index is 1.74. The number of nitrogens with zero attached hydrogens (tertiary/aromatic N) is 5. The van der Waals surface area contributed by atoms with Gasteiger partial charge in [-0.05, 0) is 58.9 Å². The number of aryl methyl sites for hydroxylation is 3. The molecular weight excluding hydrogens is 370 g/mol. The van der Waals surface area contributed by atoms with Crippen molar-refractivity contribution in [1.29, 1.82) is 0 Å². The first-order valence-corrected chi connectivity index (χ1v) is 10.1. The fraction of sp³-hybridized carbons (Fsp3) is 0.571. The van der Waals surface area contributed by atoms with Gasteiger partial charge in [0.05, 0.1) is 12.1 Å². The number of likely N-dealkylation sites (tertiary alicyclic amines) is 1. The second kappa shape index (κ2) is 8.71. The molecule has 0 radical (unpaired) electrons. The summed E-state index contributed by atoms with van der Waals surface area (Å²) in [5.41, 5.74) is 4.33. The summed E-state index contributed by atoms with van der Waals surface area (Å²) >= 11 is 0. The second-order valence-corrected chi connectivity index (χ2v) is 7.97. The van der Waals surface area contributed by atoms with Gasteiger partial charge in [0.1, 0.15) is 0 Å². The highest BCUT2D eigenvalue weighted by atomic mass is 16.4. The zero-order valence-corrected chi connectivity index (χ0v) is 17.6. The summed E-state index contributed by atoms with van der Waals surface area (Å²) in [6, 6.07) is 1.91. The number of amides is 1. The third-order valence-corrected chi connectivity index (χ3v) is 5.57. The summed E-state index contributed by atoms with van der Waals surface area (Å²) in [7, 11) is 0. The molecule has 1 aliphatic heterocycles. The third kappa shape index (κ3) is 4.99. The molecule has 2 aromatic rings. The monoisotopic (exact) mass is 399 g/mol. The van der Waals surface area contributed by atoms with E-state index >= 15 is 0 Å². The Hall–Kier alpha value is -2.77. The van der Waals surface area contributed by atoms with Crippen LogP contribution in [0.1, 0.15) is 54.0 Å². The Bertz CT molecular complexity index is 901. The molecule has 8 nitrogen and oxygen atoms in total. The first kappa shape index (κ1) is 21.0. The van der Waals surface area contributed by atoms with Gasteiger partial charge in [0.25, 0.3) is 5.95 Å². The molecule has 3 heterocycles. The Morgan fingerprint density at radius 2 is 1.86 bits per heavy atom. The molecule has 1 atom stereocenters. The number of aromatic nitrogens is 4. The lowest BCUT2D eigenvalue weighted by atomic mass is 9.93. The molecule has 1 fully saturated rings. The molecule has 1 aliphatic rings. The molecule has 2 aromatic heterocycles. The lowest BCUT2D eigenvalue weighted by molar-refractivity contribution is -0.137. The number of aliphatic carboxylic acids is 1. The van der Waals surface area contributed by atoms with Gasteiger partial charge in [0.15, 0.2) is 0 Å². The fourth-order valence-electron chi connectivity index (χ4n) is 4.05. The summed E-state index contributed by atoms with van der Waals surface area (Å²) in [6.07, 6.45) is 2.97. The van der Waals surface area contributed by atoms with E-state index in [0.29, 0.717) is 18.9 Å². The summed E-state index contributed by atoms with van der Waals surface area (Å²) in [4.78, 5) is 34.6. The van der Waals surface area contributed by atoms with Crippen LogP contribution >= 0.6 is 0 Å². The lowest BCUT2D eigenvalue weighted by Crippen LogP contribution is -2.41. The van der Waals surface area contributed by atoms with Crippen LogP contribution in [-0.2, 0) is 16.0 Å². The number of carbonyl (C=O) groups is 2. The van der Waals surface area contributed by atoms with Crippen molar-refractivity contribution in [3.63, 3.8) is 0 Å². The fourth-order valence-corrected chi connectivity index (χ4v) is 4.05. The first-order valence-electron chi connectivity index (χ1n) is 10.1. The molecule has 0 aromatic carbocycles. The summed E-state index contributed by atoms with van der Waals surface area (Å²) in [6.45, 7) is 9.06. The summed E-state index contributed by atoms with van der Waals surface area (Å²) in [5, 5.41) is 13.5. The highest BCUT2D eigenvalue weighted by molar-refractivity contribution is 5.79. The van der Waals surface area contributed by atoms with Crippen LogP contribution < -0.4 is 0 Å². The van der Waals surface area contributed by atoms with Gasteiger partial charge < -0.3 is 10.0 Å². The minimum absolute atomic E-state index is 0.0668. The molecule has 0 aliphatic carbocycles. The topological polar surface area (TPSA) is 101 Å². The van der Waals surface area contributed by atoms with Crippen molar-refractivity contribution >= 4 is 11.9 Å². The maximum absolute atomic E-state index is 13.0. The van der Waals surface area contributed by atoms with Gasteiger partial charge in [0, 0.05) is 42.2 Å². The predicted molar refractivity (Wildman–Crippen MR) is 108 cm³/mol. The van der Waals surface area contributed by atoms with E-state index in [4.69, 9.17) is 5.11 Å². The molecule has 0 bridgehead atoms. The number of hydrogen-bond donors (Lipinski definition) is 1. The van der Waals surface area contributed by atoms with Gasteiger partial charge in [-0.15, -0.1) is 0 Å². The molecule has 1 unspecified atom stereocenters. The number of carboxylic acid groups (broad SMARTS) is 1. The Morgan fingerprint density at radius 1 is 1.17 bits per heavy atom. The molecule has 29 heavy (non-hydrogen) atoms. The van der Waals surface area contributed by atoms with Crippen molar-refractivity contribution < 1.29 is 14.7 Å². The summed E-state index contributed by atoms with van der Waals surface area (Å²) < 4.78 is 1.71. The molecule has 0 spiro atoms. The summed E-state index contributed by atoms with van der Waals surface area (Å²) in [5.74, 6) is 0.0729. The van der Waals surface area contributed by atoms with Crippen LogP contribution in [0.3, 0.4) is 0 Å². The number of rotatable bonds is 6. The molecule has 3 rings (SSSR count). The zero-order chi connectivity index (χ0) is 21.1. The Morgan fingerprint density at radius 3 is 2.52 bits per heavy atom. The van der Waals surface area contributed by atoms with Gasteiger partial charge in [-0.2, -0.15) is 5.10 Å². The molecule has 1 saturated heterocycles. The minimum atomic E-state index is -0.777. The van der Waals surface area contributed by atoms with E-state index < -0.39 is 5.97 Å². The SMILES string of the molecule is Cc1cc(C)nc(-n2nc(C)c(CC(=O)N3CCCC(CCC(=O)O)C3)c2C)n1. The largest absolute Gasteiger partial charge is 0.481 e. The number of hydrogen-bond acceptors (Lipinski definition) is 5. The quantitative estimate of drug-likeness (QED) is 0.801. The van der Waals surface area contributed by atoms with E-state index in [2.05, 4.69) is 15.1 Å². The molecule has 1 N–H and O–H groups in total.